The zero-order valence-corrected chi connectivity index (χ0v) is 10.0. The zero-order chi connectivity index (χ0) is 11.1. The second kappa shape index (κ2) is 22.5. The van der Waals surface area contributed by atoms with Crippen molar-refractivity contribution in [3.8, 4) is 0 Å². The van der Waals surface area contributed by atoms with Crippen LogP contribution in [0, 0.1) is 5.92 Å². The standard InChI is InChI=1S/C6H9N.C4H10.C2H6/c1-3-5-7-6-4-2;1-4(2)3;1-2/h3-6H,1H2,2H3;4H,1-3H3;1-2H3/b6-4-,7-5?;;. The van der Waals surface area contributed by atoms with Gasteiger partial charge in [-0.3, -0.25) is 4.99 Å². The summed E-state index contributed by atoms with van der Waals surface area (Å²) in [6, 6.07) is 0. The van der Waals surface area contributed by atoms with Gasteiger partial charge in [-0.2, -0.15) is 0 Å². The maximum absolute atomic E-state index is 3.78. The van der Waals surface area contributed by atoms with Crippen molar-refractivity contribution in [3.05, 3.63) is 24.9 Å². The fourth-order valence-corrected chi connectivity index (χ4v) is 0.197. The van der Waals surface area contributed by atoms with E-state index in [-0.39, 0.29) is 0 Å². The Morgan fingerprint density at radius 2 is 1.54 bits per heavy atom. The van der Waals surface area contributed by atoms with Gasteiger partial charge in [0.1, 0.15) is 0 Å². The Morgan fingerprint density at radius 1 is 1.15 bits per heavy atom. The molecular formula is C12H25N. The van der Waals surface area contributed by atoms with Crippen LogP contribution in [-0.2, 0) is 0 Å². The summed E-state index contributed by atoms with van der Waals surface area (Å²) in [5.41, 5.74) is 0. The average Bonchev–Trinajstić information content (AvgIpc) is 2.08. The quantitative estimate of drug-likeness (QED) is 0.560. The Balaban J connectivity index is -0.000000142. The van der Waals surface area contributed by atoms with Crippen LogP contribution in [0.2, 0.25) is 0 Å². The lowest BCUT2D eigenvalue weighted by Crippen LogP contribution is -1.66. The minimum atomic E-state index is 0.833. The summed E-state index contributed by atoms with van der Waals surface area (Å²) in [7, 11) is 0. The predicted octanol–water partition coefficient (Wildman–Crippen LogP) is 4.47. The third-order valence-electron chi connectivity index (χ3n) is 0.427. The van der Waals surface area contributed by atoms with Crippen LogP contribution in [0.3, 0.4) is 0 Å². The molecule has 0 aromatic carbocycles. The number of aliphatic imine (C=N–C) groups is 1. The number of rotatable bonds is 2. The van der Waals surface area contributed by atoms with E-state index in [0.717, 1.165) is 5.92 Å². The molecule has 0 saturated heterocycles. The molecule has 13 heavy (non-hydrogen) atoms. The van der Waals surface area contributed by atoms with E-state index in [1.165, 1.54) is 0 Å². The number of nitrogens with zero attached hydrogens (tertiary/aromatic N) is 1. The van der Waals surface area contributed by atoms with E-state index in [4.69, 9.17) is 0 Å². The molecule has 78 valence electrons. The van der Waals surface area contributed by atoms with Gasteiger partial charge in [0.25, 0.3) is 0 Å². The first-order valence-electron chi connectivity index (χ1n) is 4.90. The van der Waals surface area contributed by atoms with E-state index in [0.29, 0.717) is 0 Å². The van der Waals surface area contributed by atoms with Crippen molar-refractivity contribution in [2.45, 2.75) is 41.5 Å². The maximum Gasteiger partial charge on any atom is 0.0261 e. The van der Waals surface area contributed by atoms with Crippen LogP contribution in [0.15, 0.2) is 29.9 Å². The van der Waals surface area contributed by atoms with Gasteiger partial charge in [-0.1, -0.05) is 53.3 Å². The molecule has 1 nitrogen and oxygen atoms in total. The lowest BCUT2D eigenvalue weighted by Gasteiger charge is -1.79. The molecule has 0 radical (unpaired) electrons. The van der Waals surface area contributed by atoms with Gasteiger partial charge in [0.2, 0.25) is 0 Å². The monoisotopic (exact) mass is 183 g/mol. The summed E-state index contributed by atoms with van der Waals surface area (Å²) in [6.45, 7) is 15.9. The zero-order valence-electron chi connectivity index (χ0n) is 10.0. The van der Waals surface area contributed by atoms with E-state index in [1.807, 2.05) is 26.8 Å². The van der Waals surface area contributed by atoms with Crippen molar-refractivity contribution in [1.82, 2.24) is 0 Å². The van der Waals surface area contributed by atoms with Gasteiger partial charge in [-0.05, 0) is 12.8 Å². The Hall–Kier alpha value is -0.850. The average molecular weight is 183 g/mol. The fourth-order valence-electron chi connectivity index (χ4n) is 0.197. The summed E-state index contributed by atoms with van der Waals surface area (Å²) < 4.78 is 0. The van der Waals surface area contributed by atoms with Crippen LogP contribution >= 0.6 is 0 Å². The first-order chi connectivity index (χ1) is 6.15. The Morgan fingerprint density at radius 3 is 1.77 bits per heavy atom. The second-order valence-electron chi connectivity index (χ2n) is 2.75. The third-order valence-corrected chi connectivity index (χ3v) is 0.427. The summed E-state index contributed by atoms with van der Waals surface area (Å²) >= 11 is 0. The molecule has 0 fully saturated rings. The molecule has 0 aliphatic heterocycles. The van der Waals surface area contributed by atoms with Gasteiger partial charge >= 0.3 is 0 Å². The Bertz CT molecular complexity index is 118. The lowest BCUT2D eigenvalue weighted by molar-refractivity contribution is 0.737. The van der Waals surface area contributed by atoms with Gasteiger partial charge < -0.3 is 0 Å². The van der Waals surface area contributed by atoms with Crippen molar-refractivity contribution in [2.24, 2.45) is 10.9 Å². The van der Waals surface area contributed by atoms with Crippen LogP contribution in [0.4, 0.5) is 0 Å². The van der Waals surface area contributed by atoms with Crippen LogP contribution in [0.1, 0.15) is 41.5 Å². The second-order valence-corrected chi connectivity index (χ2v) is 2.75. The maximum atomic E-state index is 3.78. The van der Waals surface area contributed by atoms with E-state index >= 15 is 0 Å². The number of allylic oxidation sites excluding steroid dienone is 2. The van der Waals surface area contributed by atoms with Crippen molar-refractivity contribution in [3.63, 3.8) is 0 Å². The lowest BCUT2D eigenvalue weighted by atomic mass is 10.3. The van der Waals surface area contributed by atoms with Crippen LogP contribution in [-0.4, -0.2) is 6.21 Å². The first kappa shape index (κ1) is 18.0. The predicted molar refractivity (Wildman–Crippen MR) is 65.4 cm³/mol. The van der Waals surface area contributed by atoms with Gasteiger partial charge in [0.15, 0.2) is 0 Å². The van der Waals surface area contributed by atoms with E-state index in [1.54, 1.807) is 18.5 Å². The fraction of sp³-hybridized carbons (Fsp3) is 0.583. The molecule has 0 atom stereocenters. The SMILES string of the molecule is C=CC=N/C=C\C.CC.CC(C)C. The number of hydrogen-bond acceptors (Lipinski definition) is 1. The molecule has 0 aliphatic rings. The Kier molecular flexibility index (Phi) is 31.2. The molecule has 0 aromatic rings. The van der Waals surface area contributed by atoms with Crippen molar-refractivity contribution < 1.29 is 0 Å². The largest absolute Gasteiger partial charge is 0.265 e. The summed E-state index contributed by atoms with van der Waals surface area (Å²) in [6.07, 6.45) is 6.85. The minimum absolute atomic E-state index is 0.833. The van der Waals surface area contributed by atoms with Crippen LogP contribution in [0.5, 0.6) is 0 Å². The van der Waals surface area contributed by atoms with Gasteiger partial charge in [-0.15, -0.1) is 0 Å². The van der Waals surface area contributed by atoms with Crippen molar-refractivity contribution >= 4 is 6.21 Å². The van der Waals surface area contributed by atoms with Gasteiger partial charge in [0, 0.05) is 12.4 Å². The molecule has 0 N–H and O–H groups in total. The minimum Gasteiger partial charge on any atom is -0.265 e. The van der Waals surface area contributed by atoms with Crippen molar-refractivity contribution in [1.29, 1.82) is 0 Å². The molecule has 0 aromatic heterocycles. The highest BCUT2D eigenvalue weighted by Gasteiger charge is 1.68. The molecule has 0 bridgehead atoms. The molecule has 0 spiro atoms. The van der Waals surface area contributed by atoms with Crippen LogP contribution < -0.4 is 0 Å². The molecular weight excluding hydrogens is 158 g/mol. The van der Waals surface area contributed by atoms with E-state index in [2.05, 4.69) is 32.3 Å². The topological polar surface area (TPSA) is 12.4 Å². The molecule has 0 aliphatic carbocycles. The van der Waals surface area contributed by atoms with E-state index < -0.39 is 0 Å². The molecule has 0 heterocycles. The summed E-state index contributed by atoms with van der Waals surface area (Å²) in [4.78, 5) is 3.78. The van der Waals surface area contributed by atoms with Crippen molar-refractivity contribution in [2.75, 3.05) is 0 Å². The first-order valence-corrected chi connectivity index (χ1v) is 4.90. The normalized spacial score (nSPS) is 9.15. The molecule has 0 unspecified atom stereocenters. The van der Waals surface area contributed by atoms with Gasteiger partial charge in [0.05, 0.1) is 0 Å². The number of hydrogen-bond donors (Lipinski definition) is 0. The molecule has 0 amide bonds. The Labute approximate surface area is 84.3 Å². The smallest absolute Gasteiger partial charge is 0.0261 e. The third kappa shape index (κ3) is 94.1. The van der Waals surface area contributed by atoms with Crippen LogP contribution in [0.25, 0.3) is 0 Å². The highest BCUT2D eigenvalue weighted by molar-refractivity contribution is 5.70. The molecule has 1 heteroatoms. The van der Waals surface area contributed by atoms with E-state index in [9.17, 15) is 0 Å². The molecule has 0 saturated carbocycles. The summed E-state index contributed by atoms with van der Waals surface area (Å²) in [5, 5.41) is 0. The summed E-state index contributed by atoms with van der Waals surface area (Å²) in [5.74, 6) is 0.833. The van der Waals surface area contributed by atoms with Gasteiger partial charge in [-0.25, -0.2) is 0 Å². The molecule has 0 rings (SSSR count). The highest BCUT2D eigenvalue weighted by Crippen LogP contribution is 1.81. The highest BCUT2D eigenvalue weighted by atomic mass is 14.6.